The zero-order chi connectivity index (χ0) is 14.7. The molecule has 3 rings (SSSR count). The summed E-state index contributed by atoms with van der Waals surface area (Å²) >= 11 is 0. The first kappa shape index (κ1) is 14.3. The van der Waals surface area contributed by atoms with Gasteiger partial charge in [0.25, 0.3) is 0 Å². The van der Waals surface area contributed by atoms with Crippen molar-refractivity contribution in [3.63, 3.8) is 0 Å². The summed E-state index contributed by atoms with van der Waals surface area (Å²) in [5.41, 5.74) is 2.47. The van der Waals surface area contributed by atoms with E-state index in [1.807, 2.05) is 17.1 Å². The molecule has 1 N–H and O–H groups in total. The van der Waals surface area contributed by atoms with Gasteiger partial charge in [0.1, 0.15) is 0 Å². The molecular formula is C17H24N4. The highest BCUT2D eigenvalue weighted by atomic mass is 15.2. The summed E-state index contributed by atoms with van der Waals surface area (Å²) in [5.74, 6) is 0. The number of aromatic nitrogens is 2. The molecule has 0 bridgehead atoms. The van der Waals surface area contributed by atoms with Crippen LogP contribution in [0, 0.1) is 0 Å². The van der Waals surface area contributed by atoms with Gasteiger partial charge in [-0.3, -0.25) is 4.90 Å². The number of imidazole rings is 1. The predicted molar refractivity (Wildman–Crippen MR) is 85.5 cm³/mol. The maximum Gasteiger partial charge on any atom is 0.0991 e. The van der Waals surface area contributed by atoms with Crippen molar-refractivity contribution in [2.24, 2.45) is 0 Å². The largest absolute Gasteiger partial charge is 0.311 e. The zero-order valence-corrected chi connectivity index (χ0v) is 12.9. The summed E-state index contributed by atoms with van der Waals surface area (Å²) in [6.45, 7) is 4.26. The van der Waals surface area contributed by atoms with E-state index in [0.29, 0.717) is 6.04 Å². The highest BCUT2D eigenvalue weighted by Gasteiger charge is 2.28. The monoisotopic (exact) mass is 284 g/mol. The quantitative estimate of drug-likeness (QED) is 0.848. The van der Waals surface area contributed by atoms with Crippen LogP contribution in [0.1, 0.15) is 25.3 Å². The molecule has 1 aliphatic carbocycles. The van der Waals surface area contributed by atoms with Crippen molar-refractivity contribution in [3.05, 3.63) is 48.5 Å². The van der Waals surface area contributed by atoms with Crippen molar-refractivity contribution < 1.29 is 0 Å². The summed E-state index contributed by atoms with van der Waals surface area (Å²) in [4.78, 5) is 6.57. The Hall–Kier alpha value is -1.65. The molecule has 0 radical (unpaired) electrons. The second-order valence-corrected chi connectivity index (χ2v) is 6.01. The number of nitrogens with one attached hydrogen (secondary N) is 1. The predicted octanol–water partition coefficient (Wildman–Crippen LogP) is 2.44. The van der Waals surface area contributed by atoms with Gasteiger partial charge in [-0.2, -0.15) is 0 Å². The van der Waals surface area contributed by atoms with Gasteiger partial charge in [0.05, 0.1) is 6.33 Å². The Morgan fingerprint density at radius 2 is 2.10 bits per heavy atom. The summed E-state index contributed by atoms with van der Waals surface area (Å²) < 4.78 is 2.02. The molecule has 2 aromatic rings. The third-order valence-electron chi connectivity index (χ3n) is 4.33. The first-order valence-corrected chi connectivity index (χ1v) is 7.74. The molecule has 21 heavy (non-hydrogen) atoms. The van der Waals surface area contributed by atoms with E-state index in [1.165, 1.54) is 18.4 Å². The summed E-state index contributed by atoms with van der Waals surface area (Å²) in [6, 6.07) is 10.1. The van der Waals surface area contributed by atoms with Gasteiger partial charge in [0.15, 0.2) is 0 Å². The molecule has 1 fully saturated rings. The fourth-order valence-corrected chi connectivity index (χ4v) is 2.61. The van der Waals surface area contributed by atoms with Crippen molar-refractivity contribution in [2.45, 2.75) is 38.4 Å². The summed E-state index contributed by atoms with van der Waals surface area (Å²) in [5, 5.41) is 3.56. The lowest BCUT2D eigenvalue weighted by Crippen LogP contribution is -2.38. The number of hydrogen-bond acceptors (Lipinski definition) is 3. The molecule has 4 nitrogen and oxygen atoms in total. The fourth-order valence-electron chi connectivity index (χ4n) is 2.61. The Bertz CT molecular complexity index is 543. The Morgan fingerprint density at radius 3 is 2.71 bits per heavy atom. The van der Waals surface area contributed by atoms with Gasteiger partial charge in [-0.05, 0) is 44.5 Å². The molecule has 1 atom stereocenters. The number of hydrogen-bond donors (Lipinski definition) is 1. The molecule has 1 saturated carbocycles. The Morgan fingerprint density at radius 1 is 1.33 bits per heavy atom. The minimum absolute atomic E-state index is 0.600. The van der Waals surface area contributed by atoms with E-state index in [4.69, 9.17) is 0 Å². The van der Waals surface area contributed by atoms with Gasteiger partial charge in [0.2, 0.25) is 0 Å². The Kier molecular flexibility index (Phi) is 4.36. The van der Waals surface area contributed by atoms with Gasteiger partial charge < -0.3 is 9.88 Å². The van der Waals surface area contributed by atoms with Crippen LogP contribution in [0.2, 0.25) is 0 Å². The molecule has 0 spiro atoms. The number of likely N-dealkylation sites (N-methyl/N-ethyl adjacent to an activating group) is 1. The minimum Gasteiger partial charge on any atom is -0.311 e. The highest BCUT2D eigenvalue weighted by molar-refractivity contribution is 5.34. The van der Waals surface area contributed by atoms with Crippen molar-refractivity contribution >= 4 is 0 Å². The zero-order valence-electron chi connectivity index (χ0n) is 12.9. The van der Waals surface area contributed by atoms with Crippen LogP contribution in [-0.4, -0.2) is 40.1 Å². The number of benzene rings is 1. The lowest BCUT2D eigenvalue weighted by molar-refractivity contribution is 0.241. The first-order valence-electron chi connectivity index (χ1n) is 7.74. The maximum absolute atomic E-state index is 4.07. The SMILES string of the molecule is CC(CNCc1ccc(-n2ccnc2)cc1)N(C)C1CC1. The normalized spacial score (nSPS) is 16.3. The van der Waals surface area contributed by atoms with E-state index in [0.717, 1.165) is 24.8 Å². The van der Waals surface area contributed by atoms with Crippen LogP contribution < -0.4 is 5.32 Å². The number of nitrogens with zero attached hydrogens (tertiary/aromatic N) is 3. The molecule has 1 aromatic heterocycles. The van der Waals surface area contributed by atoms with Gasteiger partial charge >= 0.3 is 0 Å². The molecule has 0 saturated heterocycles. The topological polar surface area (TPSA) is 33.1 Å². The molecule has 1 aromatic carbocycles. The van der Waals surface area contributed by atoms with E-state index >= 15 is 0 Å². The van der Waals surface area contributed by atoms with E-state index in [9.17, 15) is 0 Å². The van der Waals surface area contributed by atoms with Crippen molar-refractivity contribution in [2.75, 3.05) is 13.6 Å². The average molecular weight is 284 g/mol. The Labute approximate surface area is 126 Å². The van der Waals surface area contributed by atoms with Crippen LogP contribution in [0.3, 0.4) is 0 Å². The molecule has 0 amide bonds. The van der Waals surface area contributed by atoms with E-state index in [1.54, 1.807) is 6.20 Å². The Balaban J connectivity index is 1.47. The third-order valence-corrected chi connectivity index (χ3v) is 4.33. The van der Waals surface area contributed by atoms with Crippen molar-refractivity contribution in [3.8, 4) is 5.69 Å². The molecule has 1 heterocycles. The van der Waals surface area contributed by atoms with Gasteiger partial charge in [-0.25, -0.2) is 4.98 Å². The van der Waals surface area contributed by atoms with Gasteiger partial charge in [-0.1, -0.05) is 12.1 Å². The van der Waals surface area contributed by atoms with Crippen LogP contribution >= 0.6 is 0 Å². The fraction of sp³-hybridized carbons (Fsp3) is 0.471. The van der Waals surface area contributed by atoms with Crippen LogP contribution in [0.15, 0.2) is 43.0 Å². The van der Waals surface area contributed by atoms with Gasteiger partial charge in [-0.15, -0.1) is 0 Å². The van der Waals surface area contributed by atoms with Crippen LogP contribution in [0.25, 0.3) is 5.69 Å². The smallest absolute Gasteiger partial charge is 0.0991 e. The van der Waals surface area contributed by atoms with Gasteiger partial charge in [0, 0.05) is 43.3 Å². The maximum atomic E-state index is 4.07. The third kappa shape index (κ3) is 3.71. The average Bonchev–Trinajstić information content (AvgIpc) is 3.22. The van der Waals surface area contributed by atoms with E-state index < -0.39 is 0 Å². The van der Waals surface area contributed by atoms with Crippen LogP contribution in [-0.2, 0) is 6.54 Å². The lowest BCUT2D eigenvalue weighted by atomic mass is 10.2. The molecule has 0 aliphatic heterocycles. The summed E-state index contributed by atoms with van der Waals surface area (Å²) in [6.07, 6.45) is 8.33. The second-order valence-electron chi connectivity index (χ2n) is 6.01. The van der Waals surface area contributed by atoms with Crippen molar-refractivity contribution in [1.29, 1.82) is 0 Å². The number of rotatable bonds is 7. The van der Waals surface area contributed by atoms with E-state index in [2.05, 4.69) is 53.4 Å². The molecule has 1 aliphatic rings. The van der Waals surface area contributed by atoms with Crippen LogP contribution in [0.5, 0.6) is 0 Å². The molecule has 112 valence electrons. The standard InChI is InChI=1S/C17H24N4/c1-14(20(2)16-7-8-16)11-19-12-15-3-5-17(6-4-15)21-10-9-18-13-21/h3-6,9-10,13-14,16,19H,7-8,11-12H2,1-2H3. The van der Waals surface area contributed by atoms with Crippen LogP contribution in [0.4, 0.5) is 0 Å². The highest BCUT2D eigenvalue weighted by Crippen LogP contribution is 2.26. The molecule has 1 unspecified atom stereocenters. The minimum atomic E-state index is 0.600. The lowest BCUT2D eigenvalue weighted by Gasteiger charge is -2.24. The molecule has 4 heteroatoms. The summed E-state index contributed by atoms with van der Waals surface area (Å²) in [7, 11) is 2.24. The molecular weight excluding hydrogens is 260 g/mol. The first-order chi connectivity index (χ1) is 10.2. The van der Waals surface area contributed by atoms with Crippen molar-refractivity contribution in [1.82, 2.24) is 19.8 Å². The second kappa shape index (κ2) is 6.41. The van der Waals surface area contributed by atoms with E-state index in [-0.39, 0.29) is 0 Å².